The van der Waals surface area contributed by atoms with Crippen LogP contribution in [0.15, 0.2) is 0 Å². The first-order valence-corrected chi connectivity index (χ1v) is 8.63. The van der Waals surface area contributed by atoms with Crippen LogP contribution in [0.3, 0.4) is 0 Å². The van der Waals surface area contributed by atoms with Crippen molar-refractivity contribution >= 4 is 21.8 Å². The highest BCUT2D eigenvalue weighted by Crippen LogP contribution is 2.17. The fourth-order valence-electron chi connectivity index (χ4n) is 2.14. The van der Waals surface area contributed by atoms with Crippen molar-refractivity contribution in [3.63, 3.8) is 0 Å². The summed E-state index contributed by atoms with van der Waals surface area (Å²) in [5.41, 5.74) is 0. The molecule has 0 bridgehead atoms. The standard InChI is InChI=1S/C12H22N2O5S/c1-2-3-4-10(11(15)16)14-12(17)13-7-9-5-6-20(18,19)8-9/h9-10H,2-8H2,1H3,(H,15,16)(H2,13,14,17). The largest absolute Gasteiger partial charge is 0.480 e. The van der Waals surface area contributed by atoms with Crippen molar-refractivity contribution in [3.05, 3.63) is 0 Å². The summed E-state index contributed by atoms with van der Waals surface area (Å²) in [6.07, 6.45) is 2.50. The van der Waals surface area contributed by atoms with E-state index in [1.165, 1.54) is 0 Å². The van der Waals surface area contributed by atoms with Crippen LogP contribution < -0.4 is 10.6 Å². The number of rotatable bonds is 7. The first kappa shape index (κ1) is 16.7. The second kappa shape index (κ2) is 7.47. The Hall–Kier alpha value is -1.31. The Balaban J connectivity index is 2.33. The van der Waals surface area contributed by atoms with Gasteiger partial charge in [-0.1, -0.05) is 19.8 Å². The lowest BCUT2D eigenvalue weighted by atomic mass is 10.1. The van der Waals surface area contributed by atoms with Gasteiger partial charge in [-0.05, 0) is 18.8 Å². The van der Waals surface area contributed by atoms with E-state index < -0.39 is 27.9 Å². The predicted octanol–water partition coefficient (Wildman–Crippen LogP) is 0.364. The molecule has 0 radical (unpaired) electrons. The second-order valence-electron chi connectivity index (χ2n) is 5.16. The molecular formula is C12H22N2O5S. The van der Waals surface area contributed by atoms with Crippen LogP contribution in [-0.2, 0) is 14.6 Å². The lowest BCUT2D eigenvalue weighted by Gasteiger charge is -2.16. The number of carbonyl (C=O) groups is 2. The molecule has 1 fully saturated rings. The second-order valence-corrected chi connectivity index (χ2v) is 7.39. The minimum atomic E-state index is -2.96. The van der Waals surface area contributed by atoms with Gasteiger partial charge in [-0.25, -0.2) is 18.0 Å². The fourth-order valence-corrected chi connectivity index (χ4v) is 4.01. The third-order valence-corrected chi connectivity index (χ3v) is 5.16. The average molecular weight is 306 g/mol. The number of sulfone groups is 1. The van der Waals surface area contributed by atoms with Crippen LogP contribution in [0, 0.1) is 5.92 Å². The van der Waals surface area contributed by atoms with Crippen LogP contribution in [-0.4, -0.2) is 49.6 Å². The Kier molecular flexibility index (Phi) is 6.25. The number of urea groups is 1. The van der Waals surface area contributed by atoms with Gasteiger partial charge in [-0.3, -0.25) is 0 Å². The van der Waals surface area contributed by atoms with E-state index >= 15 is 0 Å². The smallest absolute Gasteiger partial charge is 0.326 e. The number of carbonyl (C=O) groups excluding carboxylic acids is 1. The van der Waals surface area contributed by atoms with E-state index in [0.717, 1.165) is 12.8 Å². The molecular weight excluding hydrogens is 284 g/mol. The maximum Gasteiger partial charge on any atom is 0.326 e. The zero-order valence-electron chi connectivity index (χ0n) is 11.6. The van der Waals surface area contributed by atoms with Gasteiger partial charge in [-0.15, -0.1) is 0 Å². The van der Waals surface area contributed by atoms with Gasteiger partial charge >= 0.3 is 12.0 Å². The average Bonchev–Trinajstić information content (AvgIpc) is 2.71. The number of aliphatic carboxylic acids is 1. The Morgan fingerprint density at radius 2 is 2.10 bits per heavy atom. The van der Waals surface area contributed by atoms with Crippen molar-refractivity contribution in [1.29, 1.82) is 0 Å². The maximum atomic E-state index is 11.6. The van der Waals surface area contributed by atoms with Crippen molar-refractivity contribution in [2.24, 2.45) is 5.92 Å². The third-order valence-electron chi connectivity index (χ3n) is 3.33. The Morgan fingerprint density at radius 3 is 2.60 bits per heavy atom. The minimum Gasteiger partial charge on any atom is -0.480 e. The number of unbranched alkanes of at least 4 members (excludes halogenated alkanes) is 1. The molecule has 20 heavy (non-hydrogen) atoms. The van der Waals surface area contributed by atoms with Gasteiger partial charge in [0.25, 0.3) is 0 Å². The number of amides is 2. The summed E-state index contributed by atoms with van der Waals surface area (Å²) in [7, 11) is -2.96. The number of carboxylic acids is 1. The Bertz CT molecular complexity index is 449. The molecule has 2 unspecified atom stereocenters. The van der Waals surface area contributed by atoms with E-state index in [0.29, 0.717) is 12.8 Å². The number of hydrogen-bond donors (Lipinski definition) is 3. The van der Waals surface area contributed by atoms with Crippen LogP contribution in [0.1, 0.15) is 32.6 Å². The maximum absolute atomic E-state index is 11.6. The summed E-state index contributed by atoms with van der Waals surface area (Å²) in [5, 5.41) is 13.9. The van der Waals surface area contributed by atoms with E-state index in [4.69, 9.17) is 5.11 Å². The highest BCUT2D eigenvalue weighted by Gasteiger charge is 2.28. The molecule has 1 aliphatic rings. The zero-order chi connectivity index (χ0) is 15.2. The molecule has 0 spiro atoms. The lowest BCUT2D eigenvalue weighted by Crippen LogP contribution is -2.47. The minimum absolute atomic E-state index is 0.0790. The number of carboxylic acid groups (broad SMARTS) is 1. The Labute approximate surface area is 119 Å². The van der Waals surface area contributed by atoms with Gasteiger partial charge in [0.2, 0.25) is 0 Å². The summed E-state index contributed by atoms with van der Waals surface area (Å²) in [5.74, 6) is -0.887. The summed E-state index contributed by atoms with van der Waals surface area (Å²) in [6.45, 7) is 2.20. The lowest BCUT2D eigenvalue weighted by molar-refractivity contribution is -0.139. The molecule has 0 aromatic rings. The van der Waals surface area contributed by atoms with Crippen LogP contribution >= 0.6 is 0 Å². The van der Waals surface area contributed by atoms with Crippen LogP contribution in [0.2, 0.25) is 0 Å². The molecule has 0 saturated carbocycles. The molecule has 2 atom stereocenters. The molecule has 1 rings (SSSR count). The van der Waals surface area contributed by atoms with E-state index in [2.05, 4.69) is 10.6 Å². The SMILES string of the molecule is CCCCC(NC(=O)NCC1CCS(=O)(=O)C1)C(=O)O. The van der Waals surface area contributed by atoms with Gasteiger partial charge in [-0.2, -0.15) is 0 Å². The molecule has 1 aliphatic heterocycles. The van der Waals surface area contributed by atoms with Gasteiger partial charge in [0.05, 0.1) is 11.5 Å². The van der Waals surface area contributed by atoms with Crippen molar-refractivity contribution in [3.8, 4) is 0 Å². The van der Waals surface area contributed by atoms with E-state index in [1.807, 2.05) is 6.92 Å². The molecule has 7 nitrogen and oxygen atoms in total. The normalized spacial score (nSPS) is 22.1. The van der Waals surface area contributed by atoms with E-state index in [9.17, 15) is 18.0 Å². The van der Waals surface area contributed by atoms with Gasteiger partial charge in [0, 0.05) is 6.54 Å². The number of nitrogens with one attached hydrogen (secondary N) is 2. The van der Waals surface area contributed by atoms with Crippen molar-refractivity contribution in [2.75, 3.05) is 18.1 Å². The Morgan fingerprint density at radius 1 is 1.40 bits per heavy atom. The first-order chi connectivity index (χ1) is 9.34. The summed E-state index contributed by atoms with van der Waals surface area (Å²) in [4.78, 5) is 22.6. The van der Waals surface area contributed by atoms with Gasteiger partial charge < -0.3 is 15.7 Å². The zero-order valence-corrected chi connectivity index (χ0v) is 12.4. The molecule has 0 aromatic heterocycles. The first-order valence-electron chi connectivity index (χ1n) is 6.81. The predicted molar refractivity (Wildman–Crippen MR) is 74.2 cm³/mol. The fraction of sp³-hybridized carbons (Fsp3) is 0.833. The highest BCUT2D eigenvalue weighted by molar-refractivity contribution is 7.91. The topological polar surface area (TPSA) is 113 Å². The van der Waals surface area contributed by atoms with Crippen molar-refractivity contribution < 1.29 is 23.1 Å². The highest BCUT2D eigenvalue weighted by atomic mass is 32.2. The number of hydrogen-bond acceptors (Lipinski definition) is 4. The van der Waals surface area contributed by atoms with E-state index in [1.54, 1.807) is 0 Å². The van der Waals surface area contributed by atoms with Crippen LogP contribution in [0.5, 0.6) is 0 Å². The van der Waals surface area contributed by atoms with Crippen molar-refractivity contribution in [1.82, 2.24) is 10.6 Å². The monoisotopic (exact) mass is 306 g/mol. The van der Waals surface area contributed by atoms with Gasteiger partial charge in [0.15, 0.2) is 9.84 Å². The summed E-state index contributed by atoms with van der Waals surface area (Å²) < 4.78 is 22.5. The van der Waals surface area contributed by atoms with Crippen molar-refractivity contribution in [2.45, 2.75) is 38.6 Å². The molecule has 116 valence electrons. The van der Waals surface area contributed by atoms with E-state index in [-0.39, 0.29) is 24.0 Å². The molecule has 0 aromatic carbocycles. The molecule has 1 heterocycles. The van der Waals surface area contributed by atoms with Gasteiger partial charge in [0.1, 0.15) is 6.04 Å². The van der Waals surface area contributed by atoms with Crippen LogP contribution in [0.25, 0.3) is 0 Å². The summed E-state index contributed by atoms with van der Waals surface area (Å²) in [6, 6.07) is -1.46. The molecule has 0 aliphatic carbocycles. The molecule has 3 N–H and O–H groups in total. The molecule has 1 saturated heterocycles. The molecule has 8 heteroatoms. The summed E-state index contributed by atoms with van der Waals surface area (Å²) >= 11 is 0. The third kappa shape index (κ3) is 5.77. The molecule has 2 amide bonds. The quantitative estimate of drug-likeness (QED) is 0.629. The van der Waals surface area contributed by atoms with Crippen LogP contribution in [0.4, 0.5) is 4.79 Å².